The number of methoxy groups -OCH3 is 1. The van der Waals surface area contributed by atoms with E-state index in [2.05, 4.69) is 10.0 Å². The molecule has 0 unspecified atom stereocenters. The first-order chi connectivity index (χ1) is 14.4. The lowest BCUT2D eigenvalue weighted by molar-refractivity contribution is -0.111. The Morgan fingerprint density at radius 1 is 0.967 bits per heavy atom. The molecule has 3 aromatic carbocycles. The zero-order valence-corrected chi connectivity index (χ0v) is 16.8. The number of rotatable bonds is 7. The lowest BCUT2D eigenvalue weighted by atomic mass is 10.2. The van der Waals surface area contributed by atoms with Crippen molar-refractivity contribution >= 4 is 33.4 Å². The van der Waals surface area contributed by atoms with Crippen LogP contribution in [0.5, 0.6) is 5.75 Å². The minimum absolute atomic E-state index is 0.0830. The molecule has 0 aromatic heterocycles. The maximum absolute atomic E-state index is 13.1. The summed E-state index contributed by atoms with van der Waals surface area (Å²) in [6.45, 7) is 0. The molecule has 0 fully saturated rings. The van der Waals surface area contributed by atoms with Crippen molar-refractivity contribution in [2.45, 2.75) is 4.90 Å². The third-order valence-electron chi connectivity index (χ3n) is 4.05. The fourth-order valence-electron chi connectivity index (χ4n) is 2.55. The number of halogens is 1. The molecule has 0 aliphatic heterocycles. The Balaban J connectivity index is 1.64. The maximum Gasteiger partial charge on any atom is 0.261 e. The van der Waals surface area contributed by atoms with Gasteiger partial charge in [0, 0.05) is 17.5 Å². The van der Waals surface area contributed by atoms with Gasteiger partial charge in [0.2, 0.25) is 5.91 Å². The van der Waals surface area contributed by atoms with E-state index in [1.54, 1.807) is 42.5 Å². The first-order valence-corrected chi connectivity index (χ1v) is 10.4. The molecule has 8 heteroatoms. The van der Waals surface area contributed by atoms with Gasteiger partial charge in [-0.25, -0.2) is 12.8 Å². The Bertz CT molecular complexity index is 1160. The minimum atomic E-state index is -3.76. The molecule has 3 rings (SSSR count). The molecule has 0 radical (unpaired) electrons. The summed E-state index contributed by atoms with van der Waals surface area (Å²) in [5.74, 6) is -0.258. The first kappa shape index (κ1) is 21.1. The number of hydrogen-bond acceptors (Lipinski definition) is 4. The van der Waals surface area contributed by atoms with Crippen LogP contribution in [0.3, 0.4) is 0 Å². The van der Waals surface area contributed by atoms with Crippen molar-refractivity contribution < 1.29 is 22.3 Å². The van der Waals surface area contributed by atoms with E-state index in [4.69, 9.17) is 4.74 Å². The highest BCUT2D eigenvalue weighted by atomic mass is 32.2. The van der Waals surface area contributed by atoms with Crippen molar-refractivity contribution in [1.29, 1.82) is 0 Å². The Morgan fingerprint density at radius 2 is 1.67 bits per heavy atom. The molecule has 0 heterocycles. The van der Waals surface area contributed by atoms with E-state index in [1.165, 1.54) is 49.6 Å². The van der Waals surface area contributed by atoms with Crippen LogP contribution >= 0.6 is 0 Å². The van der Waals surface area contributed by atoms with Crippen LogP contribution < -0.4 is 14.8 Å². The molecular weight excluding hydrogens is 407 g/mol. The predicted octanol–water partition coefficient (Wildman–Crippen LogP) is 4.29. The summed E-state index contributed by atoms with van der Waals surface area (Å²) in [6.07, 6.45) is 2.81. The van der Waals surface area contributed by atoms with Gasteiger partial charge in [0.1, 0.15) is 11.6 Å². The van der Waals surface area contributed by atoms with E-state index < -0.39 is 21.7 Å². The van der Waals surface area contributed by atoms with Gasteiger partial charge in [-0.3, -0.25) is 9.52 Å². The molecule has 3 aromatic rings. The topological polar surface area (TPSA) is 84.5 Å². The fraction of sp³-hybridized carbons (Fsp3) is 0.0455. The number of ether oxygens (including phenoxy) is 1. The van der Waals surface area contributed by atoms with Crippen LogP contribution in [0.25, 0.3) is 6.08 Å². The second-order valence-corrected chi connectivity index (χ2v) is 7.92. The van der Waals surface area contributed by atoms with E-state index >= 15 is 0 Å². The molecular formula is C22H19FN2O4S. The molecule has 2 N–H and O–H groups in total. The molecule has 0 bridgehead atoms. The lowest BCUT2D eigenvalue weighted by Gasteiger charge is -2.09. The molecule has 0 aliphatic rings. The first-order valence-electron chi connectivity index (χ1n) is 8.87. The number of amides is 1. The minimum Gasteiger partial charge on any atom is -0.497 e. The van der Waals surface area contributed by atoms with Crippen LogP contribution in [-0.4, -0.2) is 21.4 Å². The zero-order chi connectivity index (χ0) is 21.6. The normalized spacial score (nSPS) is 11.3. The van der Waals surface area contributed by atoms with E-state index in [1.807, 2.05) is 0 Å². The predicted molar refractivity (Wildman–Crippen MR) is 114 cm³/mol. The van der Waals surface area contributed by atoms with Gasteiger partial charge >= 0.3 is 0 Å². The number of benzene rings is 3. The van der Waals surface area contributed by atoms with E-state index in [-0.39, 0.29) is 4.90 Å². The highest BCUT2D eigenvalue weighted by Gasteiger charge is 2.13. The summed E-state index contributed by atoms with van der Waals surface area (Å²) in [6, 6.07) is 18.1. The summed E-state index contributed by atoms with van der Waals surface area (Å²) in [5, 5.41) is 2.54. The molecule has 0 aliphatic carbocycles. The fourth-order valence-corrected chi connectivity index (χ4v) is 3.61. The van der Waals surface area contributed by atoms with Crippen LogP contribution in [0.15, 0.2) is 83.8 Å². The van der Waals surface area contributed by atoms with Crippen molar-refractivity contribution in [3.05, 3.63) is 90.3 Å². The number of nitrogens with one attached hydrogen (secondary N) is 2. The average molecular weight is 426 g/mol. The van der Waals surface area contributed by atoms with Crippen LogP contribution in [0.2, 0.25) is 0 Å². The van der Waals surface area contributed by atoms with Crippen molar-refractivity contribution in [3.8, 4) is 5.75 Å². The Morgan fingerprint density at radius 3 is 2.30 bits per heavy atom. The number of carbonyl (C=O) groups is 1. The largest absolute Gasteiger partial charge is 0.497 e. The molecule has 0 saturated heterocycles. The summed E-state index contributed by atoms with van der Waals surface area (Å²) < 4.78 is 45.7. The number of anilines is 2. The van der Waals surface area contributed by atoms with Crippen LogP contribution in [0.1, 0.15) is 5.56 Å². The van der Waals surface area contributed by atoms with Gasteiger partial charge in [-0.05, 0) is 66.2 Å². The molecule has 0 spiro atoms. The van der Waals surface area contributed by atoms with Crippen molar-refractivity contribution in [1.82, 2.24) is 0 Å². The lowest BCUT2D eigenvalue weighted by Crippen LogP contribution is -2.12. The van der Waals surface area contributed by atoms with E-state index in [0.717, 1.165) is 0 Å². The summed E-state index contributed by atoms with van der Waals surface area (Å²) in [5.41, 5.74) is 1.39. The smallest absolute Gasteiger partial charge is 0.261 e. The third-order valence-corrected chi connectivity index (χ3v) is 5.45. The highest BCUT2D eigenvalue weighted by Crippen LogP contribution is 2.20. The van der Waals surface area contributed by atoms with Gasteiger partial charge in [-0.15, -0.1) is 0 Å². The average Bonchev–Trinajstić information content (AvgIpc) is 2.73. The molecule has 1 amide bonds. The second kappa shape index (κ2) is 9.23. The zero-order valence-electron chi connectivity index (χ0n) is 16.0. The van der Waals surface area contributed by atoms with E-state index in [0.29, 0.717) is 22.7 Å². The number of carbonyl (C=O) groups excluding carboxylic acids is 1. The number of hydrogen-bond donors (Lipinski definition) is 2. The standard InChI is InChI=1S/C22H19FN2O4S/c1-29-20-10-8-18(9-11-20)25-30(27,28)21-12-5-16(6-13-21)7-14-22(26)24-19-4-2-3-17(23)15-19/h2-15,25H,1H3,(H,24,26)/b14-7+. The molecule has 6 nitrogen and oxygen atoms in total. The Hall–Kier alpha value is -3.65. The monoisotopic (exact) mass is 426 g/mol. The maximum atomic E-state index is 13.1. The molecule has 30 heavy (non-hydrogen) atoms. The SMILES string of the molecule is COc1ccc(NS(=O)(=O)c2ccc(/C=C/C(=O)Nc3cccc(F)c3)cc2)cc1. The van der Waals surface area contributed by atoms with Gasteiger partial charge in [0.05, 0.1) is 12.0 Å². The van der Waals surface area contributed by atoms with E-state index in [9.17, 15) is 17.6 Å². The van der Waals surface area contributed by atoms with Crippen molar-refractivity contribution in [3.63, 3.8) is 0 Å². The van der Waals surface area contributed by atoms with Crippen LogP contribution in [0, 0.1) is 5.82 Å². The van der Waals surface area contributed by atoms with Crippen LogP contribution in [-0.2, 0) is 14.8 Å². The Labute approximate surface area is 174 Å². The summed E-state index contributed by atoms with van der Waals surface area (Å²) >= 11 is 0. The van der Waals surface area contributed by atoms with Crippen molar-refractivity contribution in [2.75, 3.05) is 17.1 Å². The third kappa shape index (κ3) is 5.68. The summed E-state index contributed by atoms with van der Waals surface area (Å²) in [4.78, 5) is 12.0. The molecule has 154 valence electrons. The molecule has 0 atom stereocenters. The highest BCUT2D eigenvalue weighted by molar-refractivity contribution is 7.92. The van der Waals surface area contributed by atoms with Gasteiger partial charge in [0.15, 0.2) is 0 Å². The van der Waals surface area contributed by atoms with Crippen molar-refractivity contribution in [2.24, 2.45) is 0 Å². The Kier molecular flexibility index (Phi) is 6.48. The molecule has 0 saturated carbocycles. The van der Waals surface area contributed by atoms with Gasteiger partial charge < -0.3 is 10.1 Å². The summed E-state index contributed by atoms with van der Waals surface area (Å²) in [7, 11) is -2.23. The van der Waals surface area contributed by atoms with Crippen LogP contribution in [0.4, 0.5) is 15.8 Å². The second-order valence-electron chi connectivity index (χ2n) is 6.24. The van der Waals surface area contributed by atoms with Gasteiger partial charge in [-0.2, -0.15) is 0 Å². The van der Waals surface area contributed by atoms with Gasteiger partial charge in [-0.1, -0.05) is 18.2 Å². The quantitative estimate of drug-likeness (QED) is 0.552. The van der Waals surface area contributed by atoms with Gasteiger partial charge in [0.25, 0.3) is 10.0 Å². The number of sulfonamides is 1.